The van der Waals surface area contributed by atoms with Gasteiger partial charge in [0.15, 0.2) is 11.6 Å². The van der Waals surface area contributed by atoms with E-state index < -0.39 is 23.4 Å². The highest BCUT2D eigenvalue weighted by molar-refractivity contribution is 5.38. The van der Waals surface area contributed by atoms with Gasteiger partial charge in [-0.25, -0.2) is 8.78 Å². The van der Waals surface area contributed by atoms with Crippen molar-refractivity contribution in [1.29, 1.82) is 0 Å². The molecule has 72 valence electrons. The first-order valence-corrected chi connectivity index (χ1v) is 3.88. The number of rotatable bonds is 1. The van der Waals surface area contributed by atoms with E-state index in [2.05, 4.69) is 0 Å². The Morgan fingerprint density at radius 2 is 2.00 bits per heavy atom. The second-order valence-corrected chi connectivity index (χ2v) is 3.02. The number of nitrogens with two attached hydrogens (primary N) is 1. The molecule has 0 heterocycles. The van der Waals surface area contributed by atoms with Crippen LogP contribution < -0.4 is 5.73 Å². The average molecular weight is 187 g/mol. The monoisotopic (exact) mass is 187 g/mol. The van der Waals surface area contributed by atoms with E-state index in [4.69, 9.17) is 10.8 Å². The fourth-order valence-corrected chi connectivity index (χ4v) is 1.26. The summed E-state index contributed by atoms with van der Waals surface area (Å²) in [6.07, 6.45) is 0. The van der Waals surface area contributed by atoms with Crippen LogP contribution in [0.4, 0.5) is 8.78 Å². The molecule has 0 aliphatic carbocycles. The van der Waals surface area contributed by atoms with Crippen molar-refractivity contribution >= 4 is 0 Å². The summed E-state index contributed by atoms with van der Waals surface area (Å²) in [5, 5.41) is 8.98. The van der Waals surface area contributed by atoms with Gasteiger partial charge in [0.05, 0.1) is 0 Å². The number of benzene rings is 1. The SMILES string of the molecule is Cc1c(F)cc(O)c(F)c1[C@@H](C)N. The molecular formula is C9H11F2NO. The number of phenolic OH excluding ortho intramolecular Hbond substituents is 1. The molecule has 1 atom stereocenters. The molecule has 2 nitrogen and oxygen atoms in total. The van der Waals surface area contributed by atoms with Crippen molar-refractivity contribution in [3.63, 3.8) is 0 Å². The van der Waals surface area contributed by atoms with Crippen molar-refractivity contribution in [2.75, 3.05) is 0 Å². The van der Waals surface area contributed by atoms with Crippen LogP contribution in [0.2, 0.25) is 0 Å². The van der Waals surface area contributed by atoms with E-state index in [-0.39, 0.29) is 11.1 Å². The van der Waals surface area contributed by atoms with Gasteiger partial charge in [0.2, 0.25) is 0 Å². The smallest absolute Gasteiger partial charge is 0.170 e. The number of hydrogen-bond acceptors (Lipinski definition) is 2. The number of aromatic hydroxyl groups is 1. The molecule has 0 spiro atoms. The highest BCUT2D eigenvalue weighted by atomic mass is 19.1. The summed E-state index contributed by atoms with van der Waals surface area (Å²) in [5.41, 5.74) is 5.60. The molecule has 0 bridgehead atoms. The molecular weight excluding hydrogens is 176 g/mol. The van der Waals surface area contributed by atoms with Gasteiger partial charge in [-0.15, -0.1) is 0 Å². The molecule has 1 rings (SSSR count). The largest absolute Gasteiger partial charge is 0.505 e. The normalized spacial score (nSPS) is 13.0. The second-order valence-electron chi connectivity index (χ2n) is 3.02. The van der Waals surface area contributed by atoms with Gasteiger partial charge in [-0.3, -0.25) is 0 Å². The molecule has 1 aromatic carbocycles. The lowest BCUT2D eigenvalue weighted by Gasteiger charge is -2.12. The molecule has 1 aromatic rings. The zero-order chi connectivity index (χ0) is 10.2. The van der Waals surface area contributed by atoms with Crippen molar-refractivity contribution in [3.05, 3.63) is 28.8 Å². The molecule has 0 amide bonds. The fraction of sp³-hybridized carbons (Fsp3) is 0.333. The van der Waals surface area contributed by atoms with E-state index in [0.29, 0.717) is 0 Å². The van der Waals surface area contributed by atoms with E-state index in [9.17, 15) is 8.78 Å². The summed E-state index contributed by atoms with van der Waals surface area (Å²) < 4.78 is 26.2. The van der Waals surface area contributed by atoms with E-state index >= 15 is 0 Å². The van der Waals surface area contributed by atoms with Crippen LogP contribution in [0.3, 0.4) is 0 Å². The Bertz CT molecular complexity index is 311. The lowest BCUT2D eigenvalue weighted by molar-refractivity contribution is 0.418. The van der Waals surface area contributed by atoms with Crippen LogP contribution in [0, 0.1) is 18.6 Å². The fourth-order valence-electron chi connectivity index (χ4n) is 1.26. The third-order valence-corrected chi connectivity index (χ3v) is 1.94. The van der Waals surface area contributed by atoms with Gasteiger partial charge in [-0.2, -0.15) is 0 Å². The average Bonchev–Trinajstić information content (AvgIpc) is 2.01. The van der Waals surface area contributed by atoms with E-state index in [1.165, 1.54) is 13.8 Å². The van der Waals surface area contributed by atoms with Crippen molar-refractivity contribution in [2.45, 2.75) is 19.9 Å². The highest BCUT2D eigenvalue weighted by Crippen LogP contribution is 2.28. The lowest BCUT2D eigenvalue weighted by Crippen LogP contribution is -2.10. The second kappa shape index (κ2) is 3.30. The van der Waals surface area contributed by atoms with E-state index in [1.54, 1.807) is 0 Å². The molecule has 4 heteroatoms. The van der Waals surface area contributed by atoms with Gasteiger partial charge in [-0.05, 0) is 19.4 Å². The summed E-state index contributed by atoms with van der Waals surface area (Å²) in [6.45, 7) is 2.96. The number of hydrogen-bond donors (Lipinski definition) is 2. The Morgan fingerprint density at radius 3 is 2.46 bits per heavy atom. The van der Waals surface area contributed by atoms with Crippen LogP contribution in [-0.4, -0.2) is 5.11 Å². The molecule has 3 N–H and O–H groups in total. The van der Waals surface area contributed by atoms with E-state index in [0.717, 1.165) is 6.07 Å². The van der Waals surface area contributed by atoms with Gasteiger partial charge in [0.25, 0.3) is 0 Å². The van der Waals surface area contributed by atoms with Gasteiger partial charge in [0.1, 0.15) is 5.82 Å². The Kier molecular flexibility index (Phi) is 2.52. The highest BCUT2D eigenvalue weighted by Gasteiger charge is 2.17. The van der Waals surface area contributed by atoms with E-state index in [1.807, 2.05) is 0 Å². The van der Waals surface area contributed by atoms with Gasteiger partial charge >= 0.3 is 0 Å². The standard InChI is InChI=1S/C9H11F2NO/c1-4-6(10)3-7(13)9(11)8(4)5(2)12/h3,5,13H,12H2,1-2H3/t5-/m1/s1. The van der Waals surface area contributed by atoms with Crippen LogP contribution in [-0.2, 0) is 0 Å². The third kappa shape index (κ3) is 1.62. The molecule has 0 unspecified atom stereocenters. The summed E-state index contributed by atoms with van der Waals surface area (Å²) in [5.74, 6) is -2.18. The Labute approximate surface area is 75.0 Å². The first-order chi connectivity index (χ1) is 5.95. The Morgan fingerprint density at radius 1 is 1.46 bits per heavy atom. The molecule has 0 saturated heterocycles. The summed E-state index contributed by atoms with van der Waals surface area (Å²) in [7, 11) is 0. The van der Waals surface area contributed by atoms with Crippen molar-refractivity contribution in [2.24, 2.45) is 5.73 Å². The lowest BCUT2D eigenvalue weighted by atomic mass is 10.0. The van der Waals surface area contributed by atoms with Crippen molar-refractivity contribution in [1.82, 2.24) is 0 Å². The van der Waals surface area contributed by atoms with Gasteiger partial charge in [0, 0.05) is 17.7 Å². The zero-order valence-electron chi connectivity index (χ0n) is 7.44. The Hall–Kier alpha value is -1.16. The summed E-state index contributed by atoms with van der Waals surface area (Å²) >= 11 is 0. The van der Waals surface area contributed by atoms with Crippen LogP contribution in [0.1, 0.15) is 24.1 Å². The zero-order valence-corrected chi connectivity index (χ0v) is 7.44. The maximum absolute atomic E-state index is 13.2. The molecule has 13 heavy (non-hydrogen) atoms. The predicted octanol–water partition coefficient (Wildman–Crippen LogP) is 2.00. The van der Waals surface area contributed by atoms with Crippen LogP contribution in [0.15, 0.2) is 6.07 Å². The minimum atomic E-state index is -0.839. The first-order valence-electron chi connectivity index (χ1n) is 3.88. The van der Waals surface area contributed by atoms with Gasteiger partial charge < -0.3 is 10.8 Å². The topological polar surface area (TPSA) is 46.2 Å². The summed E-state index contributed by atoms with van der Waals surface area (Å²) in [6, 6.07) is 0.109. The molecule has 0 saturated carbocycles. The minimum absolute atomic E-state index is 0.0255. The van der Waals surface area contributed by atoms with Crippen molar-refractivity contribution in [3.8, 4) is 5.75 Å². The maximum atomic E-state index is 13.2. The Balaban J connectivity index is 3.46. The number of halogens is 2. The first kappa shape index (κ1) is 9.92. The maximum Gasteiger partial charge on any atom is 0.170 e. The van der Waals surface area contributed by atoms with Crippen molar-refractivity contribution < 1.29 is 13.9 Å². The quantitative estimate of drug-likeness (QED) is 0.706. The van der Waals surface area contributed by atoms with Gasteiger partial charge in [-0.1, -0.05) is 0 Å². The van der Waals surface area contributed by atoms with Crippen LogP contribution in [0.5, 0.6) is 5.75 Å². The summed E-state index contributed by atoms with van der Waals surface area (Å²) in [4.78, 5) is 0. The predicted molar refractivity (Wildman–Crippen MR) is 45.4 cm³/mol. The van der Waals surface area contributed by atoms with Crippen LogP contribution in [0.25, 0.3) is 0 Å². The number of phenols is 1. The minimum Gasteiger partial charge on any atom is -0.505 e. The molecule has 0 fully saturated rings. The molecule has 0 aliphatic rings. The van der Waals surface area contributed by atoms with Crippen LogP contribution >= 0.6 is 0 Å². The third-order valence-electron chi connectivity index (χ3n) is 1.94. The molecule has 0 aromatic heterocycles. The molecule has 0 radical (unpaired) electrons. The molecule has 0 aliphatic heterocycles.